The van der Waals surface area contributed by atoms with Crippen LogP contribution >= 0.6 is 0 Å². The van der Waals surface area contributed by atoms with Crippen LogP contribution in [0.1, 0.15) is 32.6 Å². The predicted octanol–water partition coefficient (Wildman–Crippen LogP) is 0.517. The third-order valence-electron chi connectivity index (χ3n) is 4.73. The fraction of sp³-hybridized carbons (Fsp3) is 1.00. The quantitative estimate of drug-likeness (QED) is 0.768. The normalized spacial score (nSPS) is 35.8. The van der Waals surface area contributed by atoms with E-state index in [4.69, 9.17) is 0 Å². The van der Waals surface area contributed by atoms with Gasteiger partial charge < -0.3 is 15.3 Å². The van der Waals surface area contributed by atoms with E-state index >= 15 is 0 Å². The lowest BCUT2D eigenvalue weighted by atomic mass is 9.78. The molecule has 18 heavy (non-hydrogen) atoms. The van der Waals surface area contributed by atoms with Gasteiger partial charge in [0.25, 0.3) is 0 Å². The molecular weight excluding hydrogens is 226 g/mol. The molecule has 2 atom stereocenters. The molecule has 0 bridgehead atoms. The maximum absolute atomic E-state index is 9.74. The molecule has 0 aromatic rings. The smallest absolute Gasteiger partial charge is 0.0613 e. The van der Waals surface area contributed by atoms with Gasteiger partial charge in [0, 0.05) is 37.8 Å². The van der Waals surface area contributed by atoms with Gasteiger partial charge in [-0.2, -0.15) is 0 Å². The van der Waals surface area contributed by atoms with E-state index in [9.17, 15) is 5.11 Å². The van der Waals surface area contributed by atoms with Gasteiger partial charge in [0.1, 0.15) is 0 Å². The lowest BCUT2D eigenvalue weighted by molar-refractivity contribution is 0.0380. The number of rotatable bonds is 4. The van der Waals surface area contributed by atoms with Crippen LogP contribution < -0.4 is 5.32 Å². The molecule has 2 rings (SSSR count). The van der Waals surface area contributed by atoms with Crippen LogP contribution in [-0.4, -0.2) is 72.9 Å². The minimum atomic E-state index is -0.0129. The first kappa shape index (κ1) is 14.3. The average molecular weight is 255 g/mol. The van der Waals surface area contributed by atoms with Crippen LogP contribution in [-0.2, 0) is 0 Å². The van der Waals surface area contributed by atoms with Crippen LogP contribution in [0.25, 0.3) is 0 Å². The Morgan fingerprint density at radius 1 is 1.28 bits per heavy atom. The van der Waals surface area contributed by atoms with E-state index < -0.39 is 0 Å². The number of nitrogens with zero attached hydrogens (tertiary/aromatic N) is 2. The van der Waals surface area contributed by atoms with Crippen molar-refractivity contribution in [2.75, 3.05) is 46.4 Å². The molecule has 1 heterocycles. The highest BCUT2D eigenvalue weighted by Crippen LogP contribution is 2.31. The third-order valence-corrected chi connectivity index (χ3v) is 4.73. The van der Waals surface area contributed by atoms with Crippen molar-refractivity contribution in [2.45, 2.75) is 44.2 Å². The Kier molecular flexibility index (Phi) is 5.01. The van der Waals surface area contributed by atoms with Gasteiger partial charge in [-0.05, 0) is 39.3 Å². The Morgan fingerprint density at radius 3 is 2.61 bits per heavy atom. The van der Waals surface area contributed by atoms with Crippen LogP contribution in [0.5, 0.6) is 0 Å². The Morgan fingerprint density at radius 2 is 2.00 bits per heavy atom. The van der Waals surface area contributed by atoms with Crippen LogP contribution in [0, 0.1) is 0 Å². The summed E-state index contributed by atoms with van der Waals surface area (Å²) in [4.78, 5) is 5.05. The molecule has 0 amide bonds. The highest BCUT2D eigenvalue weighted by molar-refractivity contribution is 4.96. The van der Waals surface area contributed by atoms with Crippen molar-refractivity contribution in [1.29, 1.82) is 0 Å². The summed E-state index contributed by atoms with van der Waals surface area (Å²) in [6, 6.07) is 0.665. The molecule has 1 saturated heterocycles. The van der Waals surface area contributed by atoms with Gasteiger partial charge in [-0.15, -0.1) is 0 Å². The lowest BCUT2D eigenvalue weighted by Gasteiger charge is -2.46. The van der Waals surface area contributed by atoms with Crippen molar-refractivity contribution < 1.29 is 5.11 Å². The summed E-state index contributed by atoms with van der Waals surface area (Å²) >= 11 is 0. The topological polar surface area (TPSA) is 38.7 Å². The molecule has 4 heteroatoms. The Hall–Kier alpha value is -0.160. The Labute approximate surface area is 111 Å². The monoisotopic (exact) mass is 255 g/mol. The molecule has 2 unspecified atom stereocenters. The minimum Gasteiger partial charge on any atom is -0.394 e. The zero-order valence-electron chi connectivity index (χ0n) is 12.0. The van der Waals surface area contributed by atoms with Gasteiger partial charge in [-0.1, -0.05) is 6.92 Å². The Balaban J connectivity index is 1.93. The molecule has 0 aromatic heterocycles. The van der Waals surface area contributed by atoms with Gasteiger partial charge in [0.15, 0.2) is 0 Å². The molecular formula is C14H29N3O. The fourth-order valence-corrected chi connectivity index (χ4v) is 3.57. The number of likely N-dealkylation sites (N-methyl/N-ethyl adjacent to an activating group) is 2. The highest BCUT2D eigenvalue weighted by atomic mass is 16.3. The van der Waals surface area contributed by atoms with E-state index in [-0.39, 0.29) is 12.1 Å². The standard InChI is InChI=1S/C14H29N3O/c1-3-15-14(12-18)6-4-5-13(11-14)17-9-7-16(2)8-10-17/h13,15,18H,3-12H2,1-2H3. The van der Waals surface area contributed by atoms with Crippen molar-refractivity contribution in [2.24, 2.45) is 0 Å². The van der Waals surface area contributed by atoms with E-state index in [1.807, 2.05) is 0 Å². The van der Waals surface area contributed by atoms with E-state index in [1.54, 1.807) is 0 Å². The highest BCUT2D eigenvalue weighted by Gasteiger charge is 2.37. The predicted molar refractivity (Wildman–Crippen MR) is 74.8 cm³/mol. The summed E-state index contributed by atoms with van der Waals surface area (Å²) in [6.07, 6.45) is 4.78. The summed E-state index contributed by atoms with van der Waals surface area (Å²) in [5.41, 5.74) is -0.0129. The fourth-order valence-electron chi connectivity index (χ4n) is 3.57. The van der Waals surface area contributed by atoms with Crippen molar-refractivity contribution in [3.8, 4) is 0 Å². The second kappa shape index (κ2) is 6.33. The van der Waals surface area contributed by atoms with Gasteiger partial charge >= 0.3 is 0 Å². The number of hydrogen-bond acceptors (Lipinski definition) is 4. The second-order valence-electron chi connectivity index (χ2n) is 6.06. The van der Waals surface area contributed by atoms with Gasteiger partial charge in [0.05, 0.1) is 6.61 Å². The lowest BCUT2D eigenvalue weighted by Crippen LogP contribution is -2.58. The molecule has 0 spiro atoms. The number of aliphatic hydroxyl groups excluding tert-OH is 1. The largest absolute Gasteiger partial charge is 0.394 e. The average Bonchev–Trinajstić information content (AvgIpc) is 2.40. The minimum absolute atomic E-state index is 0.0129. The van der Waals surface area contributed by atoms with Crippen LogP contribution in [0.4, 0.5) is 0 Å². The molecule has 2 N–H and O–H groups in total. The van der Waals surface area contributed by atoms with Gasteiger partial charge in [-0.25, -0.2) is 0 Å². The van der Waals surface area contributed by atoms with E-state index in [2.05, 4.69) is 29.1 Å². The zero-order chi connectivity index (χ0) is 13.0. The molecule has 106 valence electrons. The summed E-state index contributed by atoms with van der Waals surface area (Å²) in [5.74, 6) is 0. The van der Waals surface area contributed by atoms with Crippen molar-refractivity contribution in [1.82, 2.24) is 15.1 Å². The number of piperazine rings is 1. The summed E-state index contributed by atoms with van der Waals surface area (Å²) in [7, 11) is 2.20. The maximum Gasteiger partial charge on any atom is 0.0613 e. The maximum atomic E-state index is 9.74. The van der Waals surface area contributed by atoms with E-state index in [1.165, 1.54) is 39.0 Å². The van der Waals surface area contributed by atoms with Crippen molar-refractivity contribution in [3.63, 3.8) is 0 Å². The first-order valence-electron chi connectivity index (χ1n) is 7.47. The number of hydrogen-bond donors (Lipinski definition) is 2. The van der Waals surface area contributed by atoms with Gasteiger partial charge in [-0.3, -0.25) is 4.90 Å². The zero-order valence-corrected chi connectivity index (χ0v) is 12.0. The molecule has 2 aliphatic rings. The second-order valence-corrected chi connectivity index (χ2v) is 6.06. The summed E-state index contributed by atoms with van der Waals surface area (Å²) < 4.78 is 0. The molecule has 4 nitrogen and oxygen atoms in total. The molecule has 0 radical (unpaired) electrons. The van der Waals surface area contributed by atoms with Crippen LogP contribution in [0.3, 0.4) is 0 Å². The van der Waals surface area contributed by atoms with Crippen molar-refractivity contribution >= 4 is 0 Å². The molecule has 1 saturated carbocycles. The SMILES string of the molecule is CCNC1(CO)CCCC(N2CCN(C)CC2)C1. The molecule has 1 aliphatic heterocycles. The third kappa shape index (κ3) is 3.23. The first-order valence-corrected chi connectivity index (χ1v) is 7.47. The molecule has 1 aliphatic carbocycles. The van der Waals surface area contributed by atoms with Gasteiger partial charge in [0.2, 0.25) is 0 Å². The first-order chi connectivity index (χ1) is 8.69. The number of aliphatic hydroxyl groups is 1. The van der Waals surface area contributed by atoms with E-state index in [0.29, 0.717) is 6.04 Å². The Bertz CT molecular complexity index is 249. The van der Waals surface area contributed by atoms with E-state index in [0.717, 1.165) is 19.4 Å². The molecule has 0 aromatic carbocycles. The molecule has 2 fully saturated rings. The van der Waals surface area contributed by atoms with Crippen LogP contribution in [0.2, 0.25) is 0 Å². The number of nitrogens with one attached hydrogen (secondary N) is 1. The summed E-state index contributed by atoms with van der Waals surface area (Å²) in [5, 5.41) is 13.3. The summed E-state index contributed by atoms with van der Waals surface area (Å²) in [6.45, 7) is 8.12. The van der Waals surface area contributed by atoms with Crippen LogP contribution in [0.15, 0.2) is 0 Å². The van der Waals surface area contributed by atoms with Crippen molar-refractivity contribution in [3.05, 3.63) is 0 Å².